The summed E-state index contributed by atoms with van der Waals surface area (Å²) in [5.41, 5.74) is 5.42. The van der Waals surface area contributed by atoms with Gasteiger partial charge in [0.1, 0.15) is 0 Å². The Balaban J connectivity index is 1.96. The van der Waals surface area contributed by atoms with E-state index in [9.17, 15) is 4.79 Å². The molecule has 1 aliphatic heterocycles. The van der Waals surface area contributed by atoms with E-state index in [0.29, 0.717) is 18.3 Å². The van der Waals surface area contributed by atoms with Gasteiger partial charge in [-0.25, -0.2) is 0 Å². The molecule has 0 unspecified atom stereocenters. The van der Waals surface area contributed by atoms with Gasteiger partial charge in [-0.15, -0.1) is 0 Å². The largest absolute Gasteiger partial charge is 0.343 e. The summed E-state index contributed by atoms with van der Waals surface area (Å²) in [6.45, 7) is 3.43. The van der Waals surface area contributed by atoms with Crippen LogP contribution in [0, 0.1) is 0 Å². The fourth-order valence-electron chi connectivity index (χ4n) is 1.96. The van der Waals surface area contributed by atoms with Crippen molar-refractivity contribution in [1.82, 2.24) is 15.0 Å². The highest BCUT2D eigenvalue weighted by atomic mass is 16.5. The van der Waals surface area contributed by atoms with Gasteiger partial charge in [0, 0.05) is 25.9 Å². The van der Waals surface area contributed by atoms with Crippen molar-refractivity contribution in [1.29, 1.82) is 0 Å². The summed E-state index contributed by atoms with van der Waals surface area (Å²) >= 11 is 0. The normalized spacial score (nSPS) is 17.8. The van der Waals surface area contributed by atoms with E-state index < -0.39 is 0 Å². The van der Waals surface area contributed by atoms with Crippen LogP contribution in [0.2, 0.25) is 0 Å². The first-order chi connectivity index (χ1) is 7.70. The van der Waals surface area contributed by atoms with Crippen molar-refractivity contribution in [2.75, 3.05) is 13.1 Å². The topological polar surface area (TPSA) is 85.2 Å². The van der Waals surface area contributed by atoms with Crippen molar-refractivity contribution in [3.05, 3.63) is 11.7 Å². The van der Waals surface area contributed by atoms with Gasteiger partial charge in [-0.05, 0) is 12.8 Å². The molecule has 0 bridgehead atoms. The van der Waals surface area contributed by atoms with Gasteiger partial charge >= 0.3 is 0 Å². The van der Waals surface area contributed by atoms with Gasteiger partial charge in [0.2, 0.25) is 11.8 Å². The van der Waals surface area contributed by atoms with Gasteiger partial charge in [-0.1, -0.05) is 5.16 Å². The Bertz CT molecular complexity index is 369. The minimum Gasteiger partial charge on any atom is -0.343 e. The minimum absolute atomic E-state index is 0.131. The zero-order chi connectivity index (χ0) is 11.5. The van der Waals surface area contributed by atoms with Crippen molar-refractivity contribution in [2.24, 2.45) is 5.73 Å². The van der Waals surface area contributed by atoms with Crippen molar-refractivity contribution in [3.8, 4) is 0 Å². The van der Waals surface area contributed by atoms with E-state index in [-0.39, 0.29) is 11.8 Å². The van der Waals surface area contributed by atoms with Crippen LogP contribution in [-0.2, 0) is 11.3 Å². The SMILES string of the molecule is CC(=O)N1CCC(c2nc(CN)no2)CC1. The number of hydrogen-bond donors (Lipinski definition) is 1. The predicted molar refractivity (Wildman–Crippen MR) is 56.4 cm³/mol. The van der Waals surface area contributed by atoms with E-state index in [2.05, 4.69) is 10.1 Å². The molecule has 1 aromatic heterocycles. The molecule has 88 valence electrons. The summed E-state index contributed by atoms with van der Waals surface area (Å²) < 4.78 is 5.15. The smallest absolute Gasteiger partial charge is 0.229 e. The lowest BCUT2D eigenvalue weighted by atomic mass is 9.97. The Labute approximate surface area is 93.8 Å². The average Bonchev–Trinajstić information content (AvgIpc) is 2.77. The van der Waals surface area contributed by atoms with E-state index in [1.54, 1.807) is 6.92 Å². The van der Waals surface area contributed by atoms with Gasteiger partial charge in [0.05, 0.1) is 6.54 Å². The number of aromatic nitrogens is 2. The van der Waals surface area contributed by atoms with Crippen molar-refractivity contribution >= 4 is 5.91 Å². The molecule has 2 N–H and O–H groups in total. The van der Waals surface area contributed by atoms with Gasteiger partial charge in [0.25, 0.3) is 0 Å². The molecule has 0 atom stereocenters. The number of nitrogens with two attached hydrogens (primary N) is 1. The Morgan fingerprint density at radius 1 is 1.56 bits per heavy atom. The standard InChI is InChI=1S/C10H16N4O2/c1-7(15)14-4-2-8(3-5-14)10-12-9(6-11)13-16-10/h8H,2-6,11H2,1H3. The number of piperidine rings is 1. The summed E-state index contributed by atoms with van der Waals surface area (Å²) in [5.74, 6) is 1.60. The molecule has 0 saturated carbocycles. The van der Waals surface area contributed by atoms with Crippen LogP contribution in [-0.4, -0.2) is 34.0 Å². The van der Waals surface area contributed by atoms with Crippen LogP contribution < -0.4 is 5.73 Å². The second-order valence-corrected chi connectivity index (χ2v) is 4.03. The first kappa shape index (κ1) is 11.1. The van der Waals surface area contributed by atoms with Crippen molar-refractivity contribution in [2.45, 2.75) is 32.2 Å². The molecule has 0 spiro atoms. The van der Waals surface area contributed by atoms with E-state index in [1.807, 2.05) is 4.90 Å². The molecule has 6 heteroatoms. The quantitative estimate of drug-likeness (QED) is 0.778. The molecule has 0 radical (unpaired) electrons. The molecule has 1 aromatic rings. The molecule has 2 rings (SSSR count). The van der Waals surface area contributed by atoms with Crippen LogP contribution in [0.3, 0.4) is 0 Å². The molecule has 0 aliphatic carbocycles. The molecule has 0 aromatic carbocycles. The van der Waals surface area contributed by atoms with Crippen molar-refractivity contribution in [3.63, 3.8) is 0 Å². The van der Waals surface area contributed by atoms with E-state index in [1.165, 1.54) is 0 Å². The Hall–Kier alpha value is -1.43. The Morgan fingerprint density at radius 2 is 2.25 bits per heavy atom. The molecule has 2 heterocycles. The predicted octanol–water partition coefficient (Wildman–Crippen LogP) is 0.254. The second-order valence-electron chi connectivity index (χ2n) is 4.03. The fourth-order valence-corrected chi connectivity index (χ4v) is 1.96. The monoisotopic (exact) mass is 224 g/mol. The number of rotatable bonds is 2. The lowest BCUT2D eigenvalue weighted by Gasteiger charge is -2.29. The van der Waals surface area contributed by atoms with E-state index in [0.717, 1.165) is 25.9 Å². The van der Waals surface area contributed by atoms with Crippen LogP contribution in [0.25, 0.3) is 0 Å². The second kappa shape index (κ2) is 4.61. The number of likely N-dealkylation sites (tertiary alicyclic amines) is 1. The van der Waals surface area contributed by atoms with Gasteiger partial charge in [0.15, 0.2) is 5.82 Å². The van der Waals surface area contributed by atoms with Crippen LogP contribution in [0.1, 0.15) is 37.4 Å². The number of hydrogen-bond acceptors (Lipinski definition) is 5. The lowest BCUT2D eigenvalue weighted by Crippen LogP contribution is -2.36. The lowest BCUT2D eigenvalue weighted by molar-refractivity contribution is -0.129. The third-order valence-electron chi connectivity index (χ3n) is 2.96. The zero-order valence-electron chi connectivity index (χ0n) is 9.35. The number of carbonyl (C=O) groups is 1. The molecule has 1 fully saturated rings. The average molecular weight is 224 g/mol. The zero-order valence-corrected chi connectivity index (χ0v) is 9.35. The van der Waals surface area contributed by atoms with Crippen LogP contribution in [0.5, 0.6) is 0 Å². The Kier molecular flexibility index (Phi) is 3.19. The molecular formula is C10H16N4O2. The third-order valence-corrected chi connectivity index (χ3v) is 2.96. The highest BCUT2D eigenvalue weighted by Crippen LogP contribution is 2.26. The maximum Gasteiger partial charge on any atom is 0.229 e. The van der Waals surface area contributed by atoms with E-state index >= 15 is 0 Å². The number of nitrogens with zero attached hydrogens (tertiary/aromatic N) is 3. The summed E-state index contributed by atoms with van der Waals surface area (Å²) in [6.07, 6.45) is 1.76. The van der Waals surface area contributed by atoms with Gasteiger partial charge in [-0.2, -0.15) is 4.98 Å². The molecule has 1 amide bonds. The van der Waals surface area contributed by atoms with Gasteiger partial charge < -0.3 is 15.2 Å². The highest BCUT2D eigenvalue weighted by molar-refractivity contribution is 5.73. The maximum absolute atomic E-state index is 11.2. The molecule has 1 aliphatic rings. The summed E-state index contributed by atoms with van der Waals surface area (Å²) in [5, 5.41) is 3.77. The summed E-state index contributed by atoms with van der Waals surface area (Å²) in [4.78, 5) is 17.2. The first-order valence-electron chi connectivity index (χ1n) is 5.48. The van der Waals surface area contributed by atoms with E-state index in [4.69, 9.17) is 10.3 Å². The summed E-state index contributed by atoms with van der Waals surface area (Å²) in [6, 6.07) is 0. The maximum atomic E-state index is 11.2. The number of carbonyl (C=O) groups excluding carboxylic acids is 1. The molecular weight excluding hydrogens is 208 g/mol. The van der Waals surface area contributed by atoms with Gasteiger partial charge in [-0.3, -0.25) is 4.79 Å². The third kappa shape index (κ3) is 2.21. The Morgan fingerprint density at radius 3 is 2.75 bits per heavy atom. The molecule has 1 saturated heterocycles. The van der Waals surface area contributed by atoms with Crippen LogP contribution >= 0.6 is 0 Å². The van der Waals surface area contributed by atoms with Crippen molar-refractivity contribution < 1.29 is 9.32 Å². The fraction of sp³-hybridized carbons (Fsp3) is 0.700. The molecule has 16 heavy (non-hydrogen) atoms. The minimum atomic E-state index is 0.131. The first-order valence-corrected chi connectivity index (χ1v) is 5.48. The van der Waals surface area contributed by atoms with Crippen LogP contribution in [0.15, 0.2) is 4.52 Å². The summed E-state index contributed by atoms with van der Waals surface area (Å²) in [7, 11) is 0. The highest BCUT2D eigenvalue weighted by Gasteiger charge is 2.25. The van der Waals surface area contributed by atoms with Crippen LogP contribution in [0.4, 0.5) is 0 Å². The number of amides is 1. The molecule has 6 nitrogen and oxygen atoms in total.